The number of aryl methyl sites for hydroxylation is 1. The van der Waals surface area contributed by atoms with Crippen LogP contribution in [-0.2, 0) is 23.6 Å². The van der Waals surface area contributed by atoms with Crippen molar-refractivity contribution >= 4 is 10.0 Å². The maximum absolute atomic E-state index is 12.0. The summed E-state index contributed by atoms with van der Waals surface area (Å²) >= 11 is 0. The minimum atomic E-state index is -3.22. The number of nitrogens with one attached hydrogen (secondary N) is 2. The van der Waals surface area contributed by atoms with Crippen LogP contribution < -0.4 is 10.0 Å². The topological polar surface area (TPSA) is 76.0 Å². The maximum atomic E-state index is 12.0. The molecule has 0 spiro atoms. The van der Waals surface area contributed by atoms with E-state index in [4.69, 9.17) is 0 Å². The number of sulfonamides is 1. The lowest BCUT2D eigenvalue weighted by atomic mass is 10.2. The van der Waals surface area contributed by atoms with Crippen LogP contribution in [0.15, 0.2) is 12.4 Å². The van der Waals surface area contributed by atoms with Crippen molar-refractivity contribution in [2.75, 3.05) is 13.1 Å². The molecule has 2 rings (SSSR count). The van der Waals surface area contributed by atoms with Crippen molar-refractivity contribution < 1.29 is 8.42 Å². The number of rotatable bonds is 4. The Labute approximate surface area is 101 Å². The number of nitrogens with zero attached hydrogens (tertiary/aromatic N) is 2. The Balaban J connectivity index is 1.92. The average Bonchev–Trinajstić information content (AvgIpc) is 2.74. The minimum absolute atomic E-state index is 0.312. The predicted octanol–water partition coefficient (Wildman–Crippen LogP) is -0.408. The summed E-state index contributed by atoms with van der Waals surface area (Å²) < 4.78 is 28.3. The van der Waals surface area contributed by atoms with Gasteiger partial charge in [-0.3, -0.25) is 4.68 Å². The summed E-state index contributed by atoms with van der Waals surface area (Å²) in [4.78, 5) is 0. The van der Waals surface area contributed by atoms with E-state index < -0.39 is 10.0 Å². The van der Waals surface area contributed by atoms with Gasteiger partial charge in [-0.05, 0) is 19.4 Å². The van der Waals surface area contributed by atoms with Crippen molar-refractivity contribution in [1.29, 1.82) is 0 Å². The van der Waals surface area contributed by atoms with Crippen molar-refractivity contribution in [3.63, 3.8) is 0 Å². The van der Waals surface area contributed by atoms with Crippen LogP contribution in [0.5, 0.6) is 0 Å². The monoisotopic (exact) mass is 258 g/mol. The summed E-state index contributed by atoms with van der Waals surface area (Å²) in [5.74, 6) is 0. The van der Waals surface area contributed by atoms with Crippen LogP contribution in [0, 0.1) is 0 Å². The second kappa shape index (κ2) is 5.16. The van der Waals surface area contributed by atoms with E-state index in [1.807, 2.05) is 13.2 Å². The Morgan fingerprint density at radius 1 is 1.65 bits per heavy atom. The van der Waals surface area contributed by atoms with Crippen LogP contribution >= 0.6 is 0 Å². The molecule has 2 heterocycles. The summed E-state index contributed by atoms with van der Waals surface area (Å²) in [6.45, 7) is 1.77. The van der Waals surface area contributed by atoms with Crippen LogP contribution in [0.25, 0.3) is 0 Å². The van der Waals surface area contributed by atoms with Crippen LogP contribution in [0.4, 0.5) is 0 Å². The van der Waals surface area contributed by atoms with Crippen molar-refractivity contribution in [2.24, 2.45) is 7.05 Å². The molecule has 2 N–H and O–H groups in total. The third kappa shape index (κ3) is 3.27. The van der Waals surface area contributed by atoms with E-state index in [-0.39, 0.29) is 5.25 Å². The lowest BCUT2D eigenvalue weighted by molar-refractivity contribution is 0.490. The van der Waals surface area contributed by atoms with E-state index in [1.54, 1.807) is 10.9 Å². The highest BCUT2D eigenvalue weighted by atomic mass is 32.2. The summed E-state index contributed by atoms with van der Waals surface area (Å²) in [7, 11) is -1.41. The van der Waals surface area contributed by atoms with Gasteiger partial charge in [0.15, 0.2) is 0 Å². The van der Waals surface area contributed by atoms with Crippen LogP contribution in [-0.4, -0.2) is 36.5 Å². The fourth-order valence-corrected chi connectivity index (χ4v) is 3.37. The summed E-state index contributed by atoms with van der Waals surface area (Å²) in [5, 5.41) is 6.79. The highest BCUT2D eigenvalue weighted by molar-refractivity contribution is 7.90. The zero-order chi connectivity index (χ0) is 12.3. The molecule has 1 aromatic rings. The highest BCUT2D eigenvalue weighted by Crippen LogP contribution is 2.11. The Bertz CT molecular complexity index is 462. The fourth-order valence-electron chi connectivity index (χ4n) is 1.95. The van der Waals surface area contributed by atoms with Gasteiger partial charge in [0.25, 0.3) is 0 Å². The molecule has 96 valence electrons. The largest absolute Gasteiger partial charge is 0.315 e. The number of hydrogen-bond donors (Lipinski definition) is 2. The molecular weight excluding hydrogens is 240 g/mol. The van der Waals surface area contributed by atoms with Gasteiger partial charge in [-0.1, -0.05) is 0 Å². The first-order valence-electron chi connectivity index (χ1n) is 5.74. The lowest BCUT2D eigenvalue weighted by Gasteiger charge is -2.22. The van der Waals surface area contributed by atoms with Gasteiger partial charge in [-0.15, -0.1) is 0 Å². The molecule has 1 atom stereocenters. The van der Waals surface area contributed by atoms with Gasteiger partial charge < -0.3 is 5.32 Å². The molecule has 7 heteroatoms. The van der Waals surface area contributed by atoms with E-state index in [0.29, 0.717) is 13.1 Å². The molecule has 0 bridgehead atoms. The Hall–Kier alpha value is -0.920. The standard InChI is InChI=1S/C10H18N4O2S/c1-14-8-9(5-12-14)6-13-17(15,16)10-3-2-4-11-7-10/h5,8,10-11,13H,2-4,6-7H2,1H3. The molecular formula is C10H18N4O2S. The van der Waals surface area contributed by atoms with Gasteiger partial charge in [0, 0.05) is 31.9 Å². The average molecular weight is 258 g/mol. The third-order valence-electron chi connectivity index (χ3n) is 2.93. The van der Waals surface area contributed by atoms with E-state index in [9.17, 15) is 8.42 Å². The molecule has 0 aromatic carbocycles. The number of aromatic nitrogens is 2. The SMILES string of the molecule is Cn1cc(CNS(=O)(=O)C2CCCNC2)cn1. The Morgan fingerprint density at radius 2 is 2.47 bits per heavy atom. The first kappa shape index (κ1) is 12.5. The molecule has 0 radical (unpaired) electrons. The normalized spacial score (nSPS) is 21.6. The predicted molar refractivity (Wildman–Crippen MR) is 64.9 cm³/mol. The first-order valence-corrected chi connectivity index (χ1v) is 7.29. The smallest absolute Gasteiger partial charge is 0.216 e. The number of hydrogen-bond acceptors (Lipinski definition) is 4. The van der Waals surface area contributed by atoms with Gasteiger partial charge in [0.1, 0.15) is 0 Å². The van der Waals surface area contributed by atoms with Crippen LogP contribution in [0.2, 0.25) is 0 Å². The third-order valence-corrected chi connectivity index (χ3v) is 4.75. The van der Waals surface area contributed by atoms with Gasteiger partial charge in [-0.25, -0.2) is 13.1 Å². The number of piperidine rings is 1. The zero-order valence-electron chi connectivity index (χ0n) is 9.89. The molecule has 1 aliphatic rings. The fraction of sp³-hybridized carbons (Fsp3) is 0.700. The van der Waals surface area contributed by atoms with E-state index in [1.165, 1.54) is 0 Å². The molecule has 1 fully saturated rings. The maximum Gasteiger partial charge on any atom is 0.216 e. The Morgan fingerprint density at radius 3 is 3.06 bits per heavy atom. The van der Waals surface area contributed by atoms with Gasteiger partial charge in [-0.2, -0.15) is 5.10 Å². The quantitative estimate of drug-likeness (QED) is 0.770. The molecule has 0 saturated carbocycles. The van der Waals surface area contributed by atoms with Crippen molar-refractivity contribution in [3.05, 3.63) is 18.0 Å². The highest BCUT2D eigenvalue weighted by Gasteiger charge is 2.26. The first-order chi connectivity index (χ1) is 8.08. The minimum Gasteiger partial charge on any atom is -0.315 e. The Kier molecular flexibility index (Phi) is 3.80. The molecule has 6 nitrogen and oxygen atoms in total. The second-order valence-corrected chi connectivity index (χ2v) is 6.40. The summed E-state index contributed by atoms with van der Waals surface area (Å²) in [6.07, 6.45) is 5.12. The van der Waals surface area contributed by atoms with Gasteiger partial charge in [0.05, 0.1) is 11.4 Å². The van der Waals surface area contributed by atoms with E-state index in [0.717, 1.165) is 24.9 Å². The molecule has 1 unspecified atom stereocenters. The van der Waals surface area contributed by atoms with Crippen molar-refractivity contribution in [3.8, 4) is 0 Å². The van der Waals surface area contributed by atoms with Gasteiger partial charge >= 0.3 is 0 Å². The molecule has 1 saturated heterocycles. The molecule has 0 aliphatic carbocycles. The molecule has 0 amide bonds. The van der Waals surface area contributed by atoms with E-state index >= 15 is 0 Å². The molecule has 17 heavy (non-hydrogen) atoms. The van der Waals surface area contributed by atoms with E-state index in [2.05, 4.69) is 15.1 Å². The second-order valence-electron chi connectivity index (χ2n) is 4.36. The van der Waals surface area contributed by atoms with Gasteiger partial charge in [0.2, 0.25) is 10.0 Å². The summed E-state index contributed by atoms with van der Waals surface area (Å²) in [5.41, 5.74) is 0.875. The molecule has 1 aliphatic heterocycles. The lowest BCUT2D eigenvalue weighted by Crippen LogP contribution is -2.43. The van der Waals surface area contributed by atoms with Crippen LogP contribution in [0.1, 0.15) is 18.4 Å². The summed E-state index contributed by atoms with van der Waals surface area (Å²) in [6, 6.07) is 0. The molecule has 1 aromatic heterocycles. The zero-order valence-corrected chi connectivity index (χ0v) is 10.7. The van der Waals surface area contributed by atoms with Crippen molar-refractivity contribution in [1.82, 2.24) is 19.8 Å². The van der Waals surface area contributed by atoms with Crippen molar-refractivity contribution in [2.45, 2.75) is 24.6 Å². The van der Waals surface area contributed by atoms with Crippen LogP contribution in [0.3, 0.4) is 0 Å².